The molecule has 0 amide bonds. The largest absolute Gasteiger partial charge is 0.494 e. The van der Waals surface area contributed by atoms with Gasteiger partial charge in [-0.1, -0.05) is 19.1 Å². The molecule has 2 unspecified atom stereocenters. The van der Waals surface area contributed by atoms with Gasteiger partial charge in [0.1, 0.15) is 0 Å². The minimum Gasteiger partial charge on any atom is -0.399 e. The molecule has 1 saturated carbocycles. The van der Waals surface area contributed by atoms with Gasteiger partial charge in [-0.3, -0.25) is 0 Å². The van der Waals surface area contributed by atoms with Crippen LogP contribution in [0.2, 0.25) is 0 Å². The molecule has 5 nitrogen and oxygen atoms in total. The van der Waals surface area contributed by atoms with E-state index in [-0.39, 0.29) is 10.9 Å². The van der Waals surface area contributed by atoms with Crippen molar-refractivity contribution in [2.45, 2.75) is 63.2 Å². The van der Waals surface area contributed by atoms with E-state index in [4.69, 9.17) is 9.31 Å². The summed E-state index contributed by atoms with van der Waals surface area (Å²) in [5.41, 5.74) is 0.000391. The Bertz CT molecular complexity index is 683. The Balaban J connectivity index is 1.75. The van der Waals surface area contributed by atoms with E-state index in [0.717, 1.165) is 11.9 Å². The smallest absolute Gasteiger partial charge is 0.399 e. The second-order valence-corrected chi connectivity index (χ2v) is 9.31. The lowest BCUT2D eigenvalue weighted by Gasteiger charge is -2.32. The zero-order valence-corrected chi connectivity index (χ0v) is 15.1. The van der Waals surface area contributed by atoms with Crippen LogP contribution in [0, 0.1) is 5.92 Å². The molecule has 2 atom stereocenters. The van der Waals surface area contributed by atoms with Gasteiger partial charge in [0, 0.05) is 6.04 Å². The minimum atomic E-state index is -3.45. The third-order valence-corrected chi connectivity index (χ3v) is 6.64. The van der Waals surface area contributed by atoms with Gasteiger partial charge >= 0.3 is 7.12 Å². The highest BCUT2D eigenvalue weighted by molar-refractivity contribution is 7.89. The number of hydrogen-bond donors (Lipinski definition) is 1. The molecule has 1 saturated heterocycles. The van der Waals surface area contributed by atoms with Crippen LogP contribution >= 0.6 is 0 Å². The first kappa shape index (κ1) is 17.0. The Kier molecular flexibility index (Phi) is 3.91. The Morgan fingerprint density at radius 3 is 2.00 bits per heavy atom. The van der Waals surface area contributed by atoms with Crippen molar-refractivity contribution in [2.75, 3.05) is 0 Å². The number of rotatable bonds is 4. The fourth-order valence-electron chi connectivity index (χ4n) is 2.54. The van der Waals surface area contributed by atoms with Crippen LogP contribution < -0.4 is 10.2 Å². The first-order valence-corrected chi connectivity index (χ1v) is 9.48. The van der Waals surface area contributed by atoms with Crippen LogP contribution in [0.5, 0.6) is 0 Å². The summed E-state index contributed by atoms with van der Waals surface area (Å²) in [5, 5.41) is 0. The highest BCUT2D eigenvalue weighted by Crippen LogP contribution is 2.36. The number of benzene rings is 1. The molecule has 126 valence electrons. The monoisotopic (exact) mass is 337 g/mol. The van der Waals surface area contributed by atoms with Gasteiger partial charge in [-0.25, -0.2) is 13.1 Å². The van der Waals surface area contributed by atoms with Crippen LogP contribution in [0.25, 0.3) is 0 Å². The van der Waals surface area contributed by atoms with Crippen LogP contribution in [0.15, 0.2) is 29.2 Å². The third kappa shape index (κ3) is 3.20. The maximum Gasteiger partial charge on any atom is 0.494 e. The van der Waals surface area contributed by atoms with E-state index in [1.807, 2.05) is 34.6 Å². The van der Waals surface area contributed by atoms with Crippen molar-refractivity contribution in [1.29, 1.82) is 0 Å². The maximum atomic E-state index is 12.3. The Hall–Kier alpha value is -0.885. The van der Waals surface area contributed by atoms with Crippen molar-refractivity contribution in [3.63, 3.8) is 0 Å². The lowest BCUT2D eigenvalue weighted by atomic mass is 9.79. The van der Waals surface area contributed by atoms with Crippen LogP contribution in [-0.4, -0.2) is 32.8 Å². The molecule has 23 heavy (non-hydrogen) atoms. The van der Waals surface area contributed by atoms with Crippen molar-refractivity contribution < 1.29 is 17.7 Å². The van der Waals surface area contributed by atoms with Crippen LogP contribution in [0.1, 0.15) is 41.0 Å². The SMILES string of the molecule is CC1CC1NS(=O)(=O)c1ccc(B2OC(C)(C)C(C)(C)O2)cc1. The molecule has 1 aliphatic carbocycles. The molecule has 1 N–H and O–H groups in total. The summed E-state index contributed by atoms with van der Waals surface area (Å²) in [6.45, 7) is 10.0. The van der Waals surface area contributed by atoms with E-state index in [9.17, 15) is 8.42 Å². The first-order valence-electron chi connectivity index (χ1n) is 8.00. The van der Waals surface area contributed by atoms with E-state index in [1.54, 1.807) is 24.3 Å². The summed E-state index contributed by atoms with van der Waals surface area (Å²) < 4.78 is 39.3. The Morgan fingerprint density at radius 2 is 1.57 bits per heavy atom. The topological polar surface area (TPSA) is 64.6 Å². The van der Waals surface area contributed by atoms with Crippen molar-refractivity contribution in [2.24, 2.45) is 5.92 Å². The lowest BCUT2D eigenvalue weighted by Crippen LogP contribution is -2.41. The van der Waals surface area contributed by atoms with Crippen LogP contribution in [0.3, 0.4) is 0 Å². The van der Waals surface area contributed by atoms with Crippen molar-refractivity contribution in [3.05, 3.63) is 24.3 Å². The molecule has 0 aromatic heterocycles. The molecule has 1 aromatic carbocycles. The second-order valence-electron chi connectivity index (χ2n) is 7.60. The molecule has 1 aromatic rings. The predicted octanol–water partition coefficient (Wildman–Crippen LogP) is 1.67. The van der Waals surface area contributed by atoms with E-state index in [0.29, 0.717) is 5.92 Å². The third-order valence-electron chi connectivity index (χ3n) is 5.13. The quantitative estimate of drug-likeness (QED) is 0.849. The predicted molar refractivity (Wildman–Crippen MR) is 90.0 cm³/mol. The molecule has 1 heterocycles. The number of sulfonamides is 1. The average Bonchev–Trinajstić information content (AvgIpc) is 3.05. The number of nitrogens with one attached hydrogen (secondary N) is 1. The van der Waals surface area contributed by atoms with Gasteiger partial charge in [-0.15, -0.1) is 0 Å². The molecule has 1 aliphatic heterocycles. The Morgan fingerprint density at radius 1 is 1.09 bits per heavy atom. The summed E-state index contributed by atoms with van der Waals surface area (Å²) in [6.07, 6.45) is 0.908. The number of hydrogen-bond acceptors (Lipinski definition) is 4. The zero-order chi connectivity index (χ0) is 17.0. The normalized spacial score (nSPS) is 28.8. The lowest BCUT2D eigenvalue weighted by molar-refractivity contribution is 0.00578. The van der Waals surface area contributed by atoms with Gasteiger partial charge < -0.3 is 9.31 Å². The van der Waals surface area contributed by atoms with E-state index < -0.39 is 28.3 Å². The van der Waals surface area contributed by atoms with E-state index in [1.165, 1.54) is 0 Å². The molecular formula is C16H24BNO4S. The second kappa shape index (κ2) is 5.31. The fraction of sp³-hybridized carbons (Fsp3) is 0.625. The van der Waals surface area contributed by atoms with Crippen molar-refractivity contribution in [3.8, 4) is 0 Å². The fourth-order valence-corrected chi connectivity index (χ4v) is 3.89. The highest BCUT2D eigenvalue weighted by Gasteiger charge is 2.51. The maximum absolute atomic E-state index is 12.3. The van der Waals surface area contributed by atoms with Crippen molar-refractivity contribution in [1.82, 2.24) is 4.72 Å². The minimum absolute atomic E-state index is 0.0720. The van der Waals surface area contributed by atoms with E-state index in [2.05, 4.69) is 4.72 Å². The summed E-state index contributed by atoms with van der Waals surface area (Å²) in [6, 6.07) is 6.80. The molecule has 0 spiro atoms. The van der Waals surface area contributed by atoms with Gasteiger partial charge in [0.15, 0.2) is 0 Å². The molecule has 3 rings (SSSR count). The van der Waals surface area contributed by atoms with Gasteiger partial charge in [0.25, 0.3) is 0 Å². The van der Waals surface area contributed by atoms with Gasteiger partial charge in [0.2, 0.25) is 10.0 Å². The molecular weight excluding hydrogens is 313 g/mol. The van der Waals surface area contributed by atoms with Crippen molar-refractivity contribution >= 4 is 22.6 Å². The summed E-state index contributed by atoms with van der Waals surface area (Å²) in [5.74, 6) is 0.425. The molecule has 7 heteroatoms. The average molecular weight is 337 g/mol. The molecule has 0 bridgehead atoms. The molecule has 2 fully saturated rings. The summed E-state index contributed by atoms with van der Waals surface area (Å²) in [4.78, 5) is 0.275. The summed E-state index contributed by atoms with van der Waals surface area (Å²) in [7, 11) is -3.93. The van der Waals surface area contributed by atoms with Crippen LogP contribution in [-0.2, 0) is 19.3 Å². The highest BCUT2D eigenvalue weighted by atomic mass is 32.2. The van der Waals surface area contributed by atoms with Crippen LogP contribution in [0.4, 0.5) is 0 Å². The summed E-state index contributed by atoms with van der Waals surface area (Å²) >= 11 is 0. The molecule has 2 aliphatic rings. The first-order chi connectivity index (χ1) is 10.5. The zero-order valence-electron chi connectivity index (χ0n) is 14.3. The Labute approximate surface area is 138 Å². The van der Waals surface area contributed by atoms with Gasteiger partial charge in [-0.2, -0.15) is 0 Å². The standard InChI is InChI=1S/C16H24BNO4S/c1-11-10-14(11)18-23(19,20)13-8-6-12(7-9-13)17-21-15(2,3)16(4,5)22-17/h6-9,11,14,18H,10H2,1-5H3. The van der Waals surface area contributed by atoms with Gasteiger partial charge in [-0.05, 0) is 57.6 Å². The van der Waals surface area contributed by atoms with Gasteiger partial charge in [0.05, 0.1) is 16.1 Å². The van der Waals surface area contributed by atoms with E-state index >= 15 is 0 Å². The molecule has 0 radical (unpaired) electrons.